The Bertz CT molecular complexity index is 1390. The number of hydrogen-bond acceptors (Lipinski definition) is 8. The number of carbonyl (C=O) groups excluding carboxylic acids is 2. The normalized spacial score (nSPS) is 18.7. The maximum Gasteiger partial charge on any atom is 0.323 e. The van der Waals surface area contributed by atoms with Crippen molar-refractivity contribution in [2.24, 2.45) is 5.92 Å². The van der Waals surface area contributed by atoms with Gasteiger partial charge in [-0.05, 0) is 62.0 Å². The predicted octanol–water partition coefficient (Wildman–Crippen LogP) is 3.81. The number of likely N-dealkylation sites (N-methyl/N-ethyl adjacent to an activating group) is 1. The lowest BCUT2D eigenvalue weighted by Gasteiger charge is -2.38. The lowest BCUT2D eigenvalue weighted by atomic mass is 9.99. The number of nitrogens with zero attached hydrogens (tertiary/aromatic N) is 3. The van der Waals surface area contributed by atoms with Gasteiger partial charge in [-0.15, -0.1) is 0 Å². The van der Waals surface area contributed by atoms with Crippen LogP contribution in [0.5, 0.6) is 17.2 Å². The van der Waals surface area contributed by atoms with Gasteiger partial charge in [0.15, 0.2) is 11.5 Å². The first-order valence-electron chi connectivity index (χ1n) is 13.6. The maximum absolute atomic E-state index is 13.7. The van der Waals surface area contributed by atoms with Crippen LogP contribution in [0.25, 0.3) is 0 Å². The molecule has 0 saturated heterocycles. The van der Waals surface area contributed by atoms with Crippen LogP contribution in [-0.4, -0.2) is 77.5 Å². The third kappa shape index (κ3) is 6.69. The van der Waals surface area contributed by atoms with E-state index in [-0.39, 0.29) is 31.3 Å². The minimum atomic E-state index is -0.479. The van der Waals surface area contributed by atoms with E-state index in [1.807, 2.05) is 26.1 Å². The summed E-state index contributed by atoms with van der Waals surface area (Å²) in [5, 5.41) is 15.5. The van der Waals surface area contributed by atoms with Crippen LogP contribution in [0.4, 0.5) is 16.2 Å². The van der Waals surface area contributed by atoms with E-state index in [0.29, 0.717) is 47.3 Å². The molecule has 216 valence electrons. The van der Waals surface area contributed by atoms with Crippen LogP contribution in [0.15, 0.2) is 60.9 Å². The van der Waals surface area contributed by atoms with Gasteiger partial charge in [-0.3, -0.25) is 14.7 Å². The number of amides is 3. The zero-order chi connectivity index (χ0) is 28.9. The molecule has 41 heavy (non-hydrogen) atoms. The fraction of sp³-hybridized carbons (Fsp3) is 0.367. The van der Waals surface area contributed by atoms with E-state index in [2.05, 4.69) is 27.4 Å². The van der Waals surface area contributed by atoms with Crippen molar-refractivity contribution in [3.8, 4) is 17.2 Å². The zero-order valence-corrected chi connectivity index (χ0v) is 23.4. The molecule has 0 fully saturated rings. The molecule has 0 unspecified atom stereocenters. The van der Waals surface area contributed by atoms with Crippen LogP contribution in [-0.2, 0) is 6.54 Å². The monoisotopic (exact) mass is 561 g/mol. The molecule has 3 atom stereocenters. The molecular formula is C30H35N5O6. The van der Waals surface area contributed by atoms with E-state index in [9.17, 15) is 14.7 Å². The van der Waals surface area contributed by atoms with Gasteiger partial charge in [0, 0.05) is 55.4 Å². The SMILES string of the molecule is C[C@H](CO)N1C[C@H](C)[C@@H](CN(C)Cc2ccncc2)Oc2ccc(NC(=O)Nc3ccc4c(c3)OCO4)cc2C1=O. The highest BCUT2D eigenvalue weighted by molar-refractivity contribution is 6.02. The van der Waals surface area contributed by atoms with Crippen LogP contribution >= 0.6 is 0 Å². The second-order valence-electron chi connectivity index (χ2n) is 10.5. The Balaban J connectivity index is 1.34. The van der Waals surface area contributed by atoms with Crippen molar-refractivity contribution >= 4 is 23.3 Å². The molecule has 1 aromatic heterocycles. The average molecular weight is 562 g/mol. The first kappa shape index (κ1) is 28.2. The number of anilines is 2. The lowest BCUT2D eigenvalue weighted by Crippen LogP contribution is -2.49. The number of urea groups is 1. The molecule has 2 aliphatic rings. The van der Waals surface area contributed by atoms with Crippen LogP contribution < -0.4 is 24.8 Å². The average Bonchev–Trinajstić information content (AvgIpc) is 3.43. The number of ether oxygens (including phenoxy) is 3. The van der Waals surface area contributed by atoms with Crippen molar-refractivity contribution < 1.29 is 28.9 Å². The van der Waals surface area contributed by atoms with Crippen LogP contribution in [0.2, 0.25) is 0 Å². The summed E-state index contributed by atoms with van der Waals surface area (Å²) in [5.74, 6) is 1.33. The van der Waals surface area contributed by atoms with Gasteiger partial charge in [-0.1, -0.05) is 6.92 Å². The summed E-state index contributed by atoms with van der Waals surface area (Å²) in [6.07, 6.45) is 3.32. The Labute approximate surface area is 239 Å². The van der Waals surface area contributed by atoms with Gasteiger partial charge >= 0.3 is 6.03 Å². The Morgan fingerprint density at radius 1 is 1.07 bits per heavy atom. The van der Waals surface area contributed by atoms with E-state index in [4.69, 9.17) is 14.2 Å². The van der Waals surface area contributed by atoms with Crippen LogP contribution in [0.1, 0.15) is 29.8 Å². The topological polar surface area (TPSA) is 125 Å². The van der Waals surface area contributed by atoms with Crippen molar-refractivity contribution in [2.45, 2.75) is 32.5 Å². The molecule has 11 heteroatoms. The summed E-state index contributed by atoms with van der Waals surface area (Å²) >= 11 is 0. The number of rotatable bonds is 8. The Morgan fingerprint density at radius 2 is 1.76 bits per heavy atom. The van der Waals surface area contributed by atoms with Gasteiger partial charge in [-0.2, -0.15) is 0 Å². The van der Waals surface area contributed by atoms with E-state index in [0.717, 1.165) is 12.1 Å². The third-order valence-corrected chi connectivity index (χ3v) is 7.25. The van der Waals surface area contributed by atoms with Crippen molar-refractivity contribution in [1.29, 1.82) is 0 Å². The van der Waals surface area contributed by atoms with Crippen LogP contribution in [0.3, 0.4) is 0 Å². The first-order chi connectivity index (χ1) is 19.8. The Hall–Kier alpha value is -4.35. The molecule has 3 aromatic rings. The molecule has 3 N–H and O–H groups in total. The molecule has 0 radical (unpaired) electrons. The maximum atomic E-state index is 13.7. The number of aliphatic hydroxyl groups is 1. The molecular weight excluding hydrogens is 526 g/mol. The summed E-state index contributed by atoms with van der Waals surface area (Å²) in [6.45, 7) is 5.60. The second kappa shape index (κ2) is 12.4. The largest absolute Gasteiger partial charge is 0.488 e. The first-order valence-corrected chi connectivity index (χ1v) is 13.6. The molecule has 3 amide bonds. The highest BCUT2D eigenvalue weighted by atomic mass is 16.7. The third-order valence-electron chi connectivity index (χ3n) is 7.25. The molecule has 2 aromatic carbocycles. The van der Waals surface area contributed by atoms with Gasteiger partial charge in [0.2, 0.25) is 6.79 Å². The number of nitrogens with one attached hydrogen (secondary N) is 2. The fourth-order valence-electron chi connectivity index (χ4n) is 4.96. The minimum Gasteiger partial charge on any atom is -0.488 e. The molecule has 11 nitrogen and oxygen atoms in total. The molecule has 0 aliphatic carbocycles. The van der Waals surface area contributed by atoms with E-state index in [1.54, 1.807) is 53.7 Å². The van der Waals surface area contributed by atoms with Gasteiger partial charge in [-0.25, -0.2) is 4.79 Å². The fourth-order valence-corrected chi connectivity index (χ4v) is 4.96. The second-order valence-corrected chi connectivity index (χ2v) is 10.5. The Morgan fingerprint density at radius 3 is 2.49 bits per heavy atom. The number of aromatic nitrogens is 1. The van der Waals surface area contributed by atoms with Gasteiger partial charge in [0.05, 0.1) is 18.2 Å². The summed E-state index contributed by atoms with van der Waals surface area (Å²) in [4.78, 5) is 34.4. The van der Waals surface area contributed by atoms with Crippen molar-refractivity contribution in [3.05, 3.63) is 72.1 Å². The number of aliphatic hydroxyl groups excluding tert-OH is 1. The zero-order valence-electron chi connectivity index (χ0n) is 23.4. The van der Waals surface area contributed by atoms with E-state index >= 15 is 0 Å². The van der Waals surface area contributed by atoms with Gasteiger partial charge < -0.3 is 34.9 Å². The molecule has 3 heterocycles. The standard InChI is InChI=1S/C30H35N5O6/c1-19-14-35(20(2)17-36)29(37)24-12-22(32-30(38)33-23-5-7-26-27(13-23)40-18-39-26)4-6-25(24)41-28(19)16-34(3)15-21-8-10-31-11-9-21/h4-13,19-20,28,36H,14-18H2,1-3H3,(H2,32,33,38)/t19-,20+,28+/m0/s1. The molecule has 5 rings (SSSR count). The highest BCUT2D eigenvalue weighted by Gasteiger charge is 2.33. The molecule has 0 spiro atoms. The smallest absolute Gasteiger partial charge is 0.323 e. The summed E-state index contributed by atoms with van der Waals surface area (Å²) in [5.41, 5.74) is 2.42. The number of fused-ring (bicyclic) bond motifs is 2. The van der Waals surface area contributed by atoms with E-state index < -0.39 is 12.1 Å². The molecule has 0 saturated carbocycles. The molecule has 0 bridgehead atoms. The highest BCUT2D eigenvalue weighted by Crippen LogP contribution is 2.34. The number of benzene rings is 2. The summed E-state index contributed by atoms with van der Waals surface area (Å²) in [7, 11) is 2.03. The predicted molar refractivity (Wildman–Crippen MR) is 153 cm³/mol. The summed E-state index contributed by atoms with van der Waals surface area (Å²) < 4.78 is 17.2. The van der Waals surface area contributed by atoms with E-state index in [1.165, 1.54) is 0 Å². The van der Waals surface area contributed by atoms with Crippen LogP contribution in [0, 0.1) is 5.92 Å². The van der Waals surface area contributed by atoms with Gasteiger partial charge in [0.1, 0.15) is 11.9 Å². The number of hydrogen-bond donors (Lipinski definition) is 3. The molecule has 2 aliphatic heterocycles. The number of pyridine rings is 1. The van der Waals surface area contributed by atoms with Gasteiger partial charge in [0.25, 0.3) is 5.91 Å². The Kier molecular flexibility index (Phi) is 8.55. The van der Waals surface area contributed by atoms with Crippen molar-refractivity contribution in [2.75, 3.05) is 44.2 Å². The number of carbonyl (C=O) groups is 2. The lowest BCUT2D eigenvalue weighted by molar-refractivity contribution is 0.0341. The van der Waals surface area contributed by atoms with Crippen molar-refractivity contribution in [1.82, 2.24) is 14.8 Å². The minimum absolute atomic E-state index is 0.00808. The quantitative estimate of drug-likeness (QED) is 0.379. The summed E-state index contributed by atoms with van der Waals surface area (Å²) in [6, 6.07) is 13.2. The van der Waals surface area contributed by atoms with Crippen molar-refractivity contribution in [3.63, 3.8) is 0 Å².